The summed E-state index contributed by atoms with van der Waals surface area (Å²) in [5, 5.41) is 10.2. The SMILES string of the molecule is CN=C(NCCc1cc(Cl)ccc1Br)NC1CCC(=O)NC1. The van der Waals surface area contributed by atoms with E-state index in [1.807, 2.05) is 18.2 Å². The number of carbonyl (C=O) groups excluding carboxylic acids is 1. The van der Waals surface area contributed by atoms with Gasteiger partial charge >= 0.3 is 0 Å². The van der Waals surface area contributed by atoms with Crippen LogP contribution >= 0.6 is 27.5 Å². The fourth-order valence-electron chi connectivity index (χ4n) is 2.29. The second kappa shape index (κ2) is 8.39. The Morgan fingerprint density at radius 2 is 2.36 bits per heavy atom. The van der Waals surface area contributed by atoms with Gasteiger partial charge in [-0.15, -0.1) is 0 Å². The van der Waals surface area contributed by atoms with Crippen molar-refractivity contribution in [3.8, 4) is 0 Å². The summed E-state index contributed by atoms with van der Waals surface area (Å²) in [5.74, 6) is 0.867. The highest BCUT2D eigenvalue weighted by molar-refractivity contribution is 9.10. The van der Waals surface area contributed by atoms with Gasteiger partial charge < -0.3 is 16.0 Å². The first-order valence-corrected chi connectivity index (χ1v) is 8.43. The summed E-state index contributed by atoms with van der Waals surface area (Å²) in [7, 11) is 1.74. The summed E-state index contributed by atoms with van der Waals surface area (Å²) in [6.07, 6.45) is 2.22. The lowest BCUT2D eigenvalue weighted by molar-refractivity contribution is -0.122. The largest absolute Gasteiger partial charge is 0.356 e. The molecule has 0 aromatic heterocycles. The Morgan fingerprint density at radius 3 is 3.05 bits per heavy atom. The molecule has 0 bridgehead atoms. The predicted octanol–water partition coefficient (Wildman–Crippen LogP) is 2.09. The van der Waals surface area contributed by atoms with Gasteiger partial charge in [0.2, 0.25) is 5.91 Å². The molecular weight excluding hydrogens is 368 g/mol. The van der Waals surface area contributed by atoms with Crippen LogP contribution < -0.4 is 16.0 Å². The van der Waals surface area contributed by atoms with Crippen molar-refractivity contribution in [2.45, 2.75) is 25.3 Å². The number of nitrogens with zero attached hydrogens (tertiary/aromatic N) is 1. The predicted molar refractivity (Wildman–Crippen MR) is 93.4 cm³/mol. The van der Waals surface area contributed by atoms with Crippen LogP contribution in [0.4, 0.5) is 0 Å². The van der Waals surface area contributed by atoms with Gasteiger partial charge in [-0.1, -0.05) is 27.5 Å². The molecular formula is C15H20BrClN4O. The lowest BCUT2D eigenvalue weighted by Gasteiger charge is -2.25. The second-order valence-electron chi connectivity index (χ2n) is 5.17. The molecule has 0 spiro atoms. The fourth-order valence-corrected chi connectivity index (χ4v) is 2.93. The van der Waals surface area contributed by atoms with Gasteiger partial charge in [0.15, 0.2) is 5.96 Å². The van der Waals surface area contributed by atoms with Crippen LogP contribution in [0.5, 0.6) is 0 Å². The zero-order chi connectivity index (χ0) is 15.9. The van der Waals surface area contributed by atoms with E-state index in [0.29, 0.717) is 13.0 Å². The lowest BCUT2D eigenvalue weighted by atomic mass is 10.1. The van der Waals surface area contributed by atoms with E-state index in [1.54, 1.807) is 7.05 Å². The van der Waals surface area contributed by atoms with Crippen molar-refractivity contribution in [3.05, 3.63) is 33.3 Å². The third kappa shape index (κ3) is 5.18. The molecule has 120 valence electrons. The molecule has 1 unspecified atom stereocenters. The molecule has 0 saturated carbocycles. The van der Waals surface area contributed by atoms with Gasteiger partial charge in [-0.3, -0.25) is 9.79 Å². The van der Waals surface area contributed by atoms with Crippen molar-refractivity contribution in [3.63, 3.8) is 0 Å². The van der Waals surface area contributed by atoms with Gasteiger partial charge in [0, 0.05) is 42.1 Å². The first-order chi connectivity index (χ1) is 10.6. The molecule has 1 saturated heterocycles. The van der Waals surface area contributed by atoms with E-state index in [2.05, 4.69) is 36.9 Å². The number of amides is 1. The van der Waals surface area contributed by atoms with Gasteiger partial charge in [-0.05, 0) is 36.6 Å². The number of rotatable bonds is 4. The molecule has 1 aromatic carbocycles. The Morgan fingerprint density at radius 1 is 1.55 bits per heavy atom. The van der Waals surface area contributed by atoms with Gasteiger partial charge in [-0.25, -0.2) is 0 Å². The van der Waals surface area contributed by atoms with E-state index < -0.39 is 0 Å². The van der Waals surface area contributed by atoms with Crippen LogP contribution in [-0.4, -0.2) is 38.0 Å². The van der Waals surface area contributed by atoms with E-state index in [1.165, 1.54) is 0 Å². The average molecular weight is 388 g/mol. The lowest BCUT2D eigenvalue weighted by Crippen LogP contribution is -2.51. The Labute approximate surface area is 144 Å². The van der Waals surface area contributed by atoms with E-state index in [-0.39, 0.29) is 11.9 Å². The van der Waals surface area contributed by atoms with Crippen molar-refractivity contribution in [1.82, 2.24) is 16.0 Å². The zero-order valence-electron chi connectivity index (χ0n) is 12.5. The molecule has 3 N–H and O–H groups in total. The number of halogens is 2. The summed E-state index contributed by atoms with van der Waals surface area (Å²) in [4.78, 5) is 15.4. The smallest absolute Gasteiger partial charge is 0.220 e. The number of carbonyl (C=O) groups is 1. The molecule has 1 aromatic rings. The van der Waals surface area contributed by atoms with Crippen LogP contribution in [0.2, 0.25) is 5.02 Å². The van der Waals surface area contributed by atoms with E-state index >= 15 is 0 Å². The Bertz CT molecular complexity index is 554. The zero-order valence-corrected chi connectivity index (χ0v) is 14.8. The third-order valence-electron chi connectivity index (χ3n) is 3.52. The average Bonchev–Trinajstić information content (AvgIpc) is 2.51. The molecule has 1 aliphatic rings. The molecule has 2 rings (SSSR count). The molecule has 1 fully saturated rings. The topological polar surface area (TPSA) is 65.5 Å². The molecule has 0 radical (unpaired) electrons. The normalized spacial score (nSPS) is 18.8. The highest BCUT2D eigenvalue weighted by Gasteiger charge is 2.18. The first-order valence-electron chi connectivity index (χ1n) is 7.26. The number of guanidine groups is 1. The maximum atomic E-state index is 11.2. The van der Waals surface area contributed by atoms with Gasteiger partial charge in [0.05, 0.1) is 0 Å². The molecule has 1 heterocycles. The minimum atomic E-state index is 0.117. The van der Waals surface area contributed by atoms with E-state index in [9.17, 15) is 4.79 Å². The number of aliphatic imine (C=N–C) groups is 1. The highest BCUT2D eigenvalue weighted by Crippen LogP contribution is 2.21. The van der Waals surface area contributed by atoms with E-state index in [0.717, 1.165) is 40.4 Å². The number of hydrogen-bond donors (Lipinski definition) is 3. The maximum Gasteiger partial charge on any atom is 0.220 e. The quantitative estimate of drug-likeness (QED) is 0.547. The van der Waals surface area contributed by atoms with Crippen molar-refractivity contribution < 1.29 is 4.79 Å². The summed E-state index contributed by atoms with van der Waals surface area (Å²) >= 11 is 9.54. The molecule has 1 amide bonds. The van der Waals surface area contributed by atoms with Crippen LogP contribution in [0.25, 0.3) is 0 Å². The van der Waals surface area contributed by atoms with Crippen LogP contribution in [-0.2, 0) is 11.2 Å². The molecule has 7 heteroatoms. The molecule has 0 aliphatic carbocycles. The fraction of sp³-hybridized carbons (Fsp3) is 0.467. The number of benzene rings is 1. The summed E-state index contributed by atoms with van der Waals surface area (Å²) in [6, 6.07) is 6.00. The van der Waals surface area contributed by atoms with Crippen molar-refractivity contribution in [1.29, 1.82) is 0 Å². The minimum Gasteiger partial charge on any atom is -0.356 e. The van der Waals surface area contributed by atoms with Gasteiger partial charge in [0.25, 0.3) is 0 Å². The van der Waals surface area contributed by atoms with Crippen LogP contribution in [0.1, 0.15) is 18.4 Å². The van der Waals surface area contributed by atoms with Crippen molar-refractivity contribution in [2.75, 3.05) is 20.1 Å². The first kappa shape index (κ1) is 17.1. The molecule has 1 aliphatic heterocycles. The number of nitrogens with one attached hydrogen (secondary N) is 3. The molecule has 5 nitrogen and oxygen atoms in total. The molecule has 22 heavy (non-hydrogen) atoms. The van der Waals surface area contributed by atoms with Gasteiger partial charge in [-0.2, -0.15) is 0 Å². The maximum absolute atomic E-state index is 11.2. The van der Waals surface area contributed by atoms with Crippen LogP contribution in [0, 0.1) is 0 Å². The van der Waals surface area contributed by atoms with Crippen LogP contribution in [0.15, 0.2) is 27.7 Å². The Hall–Kier alpha value is -1.27. The number of piperidine rings is 1. The Balaban J connectivity index is 1.79. The summed E-state index contributed by atoms with van der Waals surface area (Å²) in [6.45, 7) is 1.39. The third-order valence-corrected chi connectivity index (χ3v) is 4.53. The summed E-state index contributed by atoms with van der Waals surface area (Å²) < 4.78 is 1.05. The second-order valence-corrected chi connectivity index (χ2v) is 6.46. The standard InChI is InChI=1S/C15H20BrClN4O/c1-18-15(21-12-3-5-14(22)20-9-12)19-7-6-10-8-11(17)2-4-13(10)16/h2,4,8,12H,3,5-7,9H2,1H3,(H,20,22)(H2,18,19,21). The van der Waals surface area contributed by atoms with E-state index in [4.69, 9.17) is 11.6 Å². The summed E-state index contributed by atoms with van der Waals surface area (Å²) in [5.41, 5.74) is 1.15. The van der Waals surface area contributed by atoms with Crippen LogP contribution in [0.3, 0.4) is 0 Å². The minimum absolute atomic E-state index is 0.117. The van der Waals surface area contributed by atoms with Crippen molar-refractivity contribution in [2.24, 2.45) is 4.99 Å². The highest BCUT2D eigenvalue weighted by atomic mass is 79.9. The number of hydrogen-bond acceptors (Lipinski definition) is 2. The molecule has 1 atom stereocenters. The monoisotopic (exact) mass is 386 g/mol. The Kier molecular flexibility index (Phi) is 6.51. The van der Waals surface area contributed by atoms with Crippen molar-refractivity contribution >= 4 is 39.4 Å². The van der Waals surface area contributed by atoms with Gasteiger partial charge in [0.1, 0.15) is 0 Å².